The van der Waals surface area contributed by atoms with Crippen molar-refractivity contribution in [3.8, 4) is 0 Å². The molecular weight excluding hydrogens is 515 g/mol. The topological polar surface area (TPSA) is 120 Å². The van der Waals surface area contributed by atoms with Gasteiger partial charge in [-0.2, -0.15) is 10.2 Å². The monoisotopic (exact) mass is 535 g/mol. The van der Waals surface area contributed by atoms with Crippen LogP contribution < -0.4 is 5.32 Å². The van der Waals surface area contributed by atoms with Crippen molar-refractivity contribution in [3.05, 3.63) is 70.7 Å². The maximum Gasteiger partial charge on any atom is 0.205 e. The fourth-order valence-electron chi connectivity index (χ4n) is 3.96. The number of hydrogen-bond donors (Lipinski definition) is 3. The minimum Gasteiger partial charge on any atom is -0.361 e. The smallest absolute Gasteiger partial charge is 0.205 e. The van der Waals surface area contributed by atoms with Gasteiger partial charge in [-0.05, 0) is 18.2 Å². The van der Waals surface area contributed by atoms with E-state index in [0.29, 0.717) is 17.6 Å². The third-order valence-corrected chi connectivity index (χ3v) is 6.04. The number of aliphatic hydroxyl groups is 2. The van der Waals surface area contributed by atoms with E-state index in [4.69, 9.17) is 11.6 Å². The second-order valence-corrected chi connectivity index (χ2v) is 8.86. The van der Waals surface area contributed by atoms with E-state index < -0.39 is 36.7 Å². The molecule has 37 heavy (non-hydrogen) atoms. The van der Waals surface area contributed by atoms with E-state index >= 15 is 0 Å². The SMILES string of the molecule is Cn1cnc(CN2C(O)N/C(=N\c3cc4cn(C)nc4cc3Cl)N(Cc3cc(F)c(F)cc3F)C2O)n1. The molecule has 2 atom stereocenters. The Balaban J connectivity index is 1.55. The highest BCUT2D eigenvalue weighted by Crippen LogP contribution is 2.31. The Hall–Kier alpha value is -3.72. The van der Waals surface area contributed by atoms with E-state index in [0.717, 1.165) is 15.2 Å². The third kappa shape index (κ3) is 4.96. The van der Waals surface area contributed by atoms with Crippen LogP contribution in [0.5, 0.6) is 0 Å². The molecule has 15 heteroatoms. The van der Waals surface area contributed by atoms with Gasteiger partial charge in [-0.1, -0.05) is 11.6 Å². The maximum atomic E-state index is 14.5. The summed E-state index contributed by atoms with van der Waals surface area (Å²) in [6.45, 7) is -0.551. The Morgan fingerprint density at radius 3 is 2.49 bits per heavy atom. The van der Waals surface area contributed by atoms with Crippen LogP contribution in [0.25, 0.3) is 10.9 Å². The number of halogens is 4. The van der Waals surface area contributed by atoms with Gasteiger partial charge in [0.2, 0.25) is 5.96 Å². The van der Waals surface area contributed by atoms with Crippen molar-refractivity contribution in [1.82, 2.24) is 39.7 Å². The first-order chi connectivity index (χ1) is 17.6. The molecule has 2 unspecified atom stereocenters. The lowest BCUT2D eigenvalue weighted by molar-refractivity contribution is -0.184. The van der Waals surface area contributed by atoms with Crippen LogP contribution in [0.2, 0.25) is 5.02 Å². The van der Waals surface area contributed by atoms with Crippen LogP contribution in [0.3, 0.4) is 0 Å². The molecule has 0 saturated carbocycles. The Labute approximate surface area is 213 Å². The number of hydrogen-bond acceptors (Lipinski definition) is 7. The molecule has 0 aliphatic carbocycles. The number of aliphatic hydroxyl groups excluding tert-OH is 2. The lowest BCUT2D eigenvalue weighted by atomic mass is 10.2. The van der Waals surface area contributed by atoms with Crippen LogP contribution in [-0.4, -0.2) is 63.2 Å². The van der Waals surface area contributed by atoms with Crippen molar-refractivity contribution in [2.24, 2.45) is 19.1 Å². The third-order valence-electron chi connectivity index (χ3n) is 5.73. The van der Waals surface area contributed by atoms with Crippen LogP contribution in [0.4, 0.5) is 18.9 Å². The first-order valence-electron chi connectivity index (χ1n) is 10.9. The molecule has 2 aromatic carbocycles. The quantitative estimate of drug-likeness (QED) is 0.332. The summed E-state index contributed by atoms with van der Waals surface area (Å²) >= 11 is 6.41. The molecule has 5 rings (SSSR count). The summed E-state index contributed by atoms with van der Waals surface area (Å²) in [6.07, 6.45) is 0.129. The van der Waals surface area contributed by atoms with Gasteiger partial charge in [-0.15, -0.1) is 0 Å². The molecule has 1 aliphatic rings. The van der Waals surface area contributed by atoms with Crippen molar-refractivity contribution in [2.45, 2.75) is 25.8 Å². The van der Waals surface area contributed by atoms with Crippen LogP contribution in [-0.2, 0) is 27.2 Å². The largest absolute Gasteiger partial charge is 0.361 e. The van der Waals surface area contributed by atoms with Gasteiger partial charge in [0.25, 0.3) is 0 Å². The average molecular weight is 536 g/mol. The summed E-state index contributed by atoms with van der Waals surface area (Å²) in [5.41, 5.74) is 0.635. The zero-order valence-corrected chi connectivity index (χ0v) is 20.3. The van der Waals surface area contributed by atoms with Gasteiger partial charge in [0.15, 0.2) is 30.2 Å². The summed E-state index contributed by atoms with van der Waals surface area (Å²) in [5, 5.41) is 34.1. The lowest BCUT2D eigenvalue weighted by Crippen LogP contribution is -2.67. The number of guanidine groups is 1. The highest BCUT2D eigenvalue weighted by atomic mass is 35.5. The van der Waals surface area contributed by atoms with Crippen molar-refractivity contribution in [3.63, 3.8) is 0 Å². The Bertz CT molecular complexity index is 1510. The van der Waals surface area contributed by atoms with Crippen molar-refractivity contribution < 1.29 is 23.4 Å². The molecule has 0 spiro atoms. The van der Waals surface area contributed by atoms with Gasteiger partial charge in [0.05, 0.1) is 29.3 Å². The zero-order chi connectivity index (χ0) is 26.4. The van der Waals surface area contributed by atoms with E-state index in [1.54, 1.807) is 37.1 Å². The standard InChI is InChI=1S/C22H21ClF3N9O2/c1-32-7-12-4-18(13(23)5-17(12)30-32)28-20-29-21(36)35(9-19-27-10-33(2)31-19)22(37)34(20)8-11-3-15(25)16(26)6-14(11)24/h3-7,10,21-22,36-37H,8-9H2,1-2H3,(H,28,29). The number of rotatable bonds is 5. The Morgan fingerprint density at radius 2 is 1.76 bits per heavy atom. The van der Waals surface area contributed by atoms with Gasteiger partial charge < -0.3 is 15.5 Å². The average Bonchev–Trinajstić information content (AvgIpc) is 3.40. The molecule has 1 saturated heterocycles. The molecule has 1 aliphatic heterocycles. The van der Waals surface area contributed by atoms with Gasteiger partial charge in [-0.25, -0.2) is 28.0 Å². The van der Waals surface area contributed by atoms with Crippen LogP contribution in [0.1, 0.15) is 11.4 Å². The van der Waals surface area contributed by atoms with Crippen LogP contribution >= 0.6 is 11.6 Å². The van der Waals surface area contributed by atoms with E-state index in [-0.39, 0.29) is 34.6 Å². The van der Waals surface area contributed by atoms with Crippen molar-refractivity contribution in [2.75, 3.05) is 0 Å². The number of aryl methyl sites for hydroxylation is 2. The van der Waals surface area contributed by atoms with Crippen LogP contribution in [0, 0.1) is 17.5 Å². The summed E-state index contributed by atoms with van der Waals surface area (Å²) in [7, 11) is 3.40. The lowest BCUT2D eigenvalue weighted by Gasteiger charge is -2.45. The molecular formula is C22H21ClF3N9O2. The van der Waals surface area contributed by atoms with Gasteiger partial charge in [0, 0.05) is 37.3 Å². The normalized spacial score (nSPS) is 19.7. The maximum absolute atomic E-state index is 14.5. The number of benzene rings is 2. The first kappa shape index (κ1) is 25.0. The second-order valence-electron chi connectivity index (χ2n) is 8.46. The number of nitrogens with zero attached hydrogens (tertiary/aromatic N) is 8. The molecule has 3 heterocycles. The molecule has 0 radical (unpaired) electrons. The van der Waals surface area contributed by atoms with E-state index in [1.165, 1.54) is 11.0 Å². The summed E-state index contributed by atoms with van der Waals surface area (Å²) in [4.78, 5) is 10.9. The molecule has 2 aromatic heterocycles. The molecule has 4 aromatic rings. The molecule has 0 amide bonds. The molecule has 0 bridgehead atoms. The van der Waals surface area contributed by atoms with Crippen molar-refractivity contribution in [1.29, 1.82) is 0 Å². The minimum absolute atomic E-state index is 0.0977. The number of nitrogens with one attached hydrogen (secondary N) is 1. The fourth-order valence-corrected chi connectivity index (χ4v) is 4.16. The zero-order valence-electron chi connectivity index (χ0n) is 19.5. The van der Waals surface area contributed by atoms with Crippen molar-refractivity contribution >= 4 is 34.2 Å². The number of aromatic nitrogens is 5. The fraction of sp³-hybridized carbons (Fsp3) is 0.273. The number of aliphatic imine (C=N–C) groups is 1. The Kier molecular flexibility index (Phi) is 6.49. The second kappa shape index (κ2) is 9.63. The summed E-state index contributed by atoms with van der Waals surface area (Å²) in [5.74, 6) is -3.44. The van der Waals surface area contributed by atoms with Gasteiger partial charge in [-0.3, -0.25) is 14.3 Å². The molecule has 3 N–H and O–H groups in total. The first-order valence-corrected chi connectivity index (χ1v) is 11.3. The molecule has 194 valence electrons. The highest BCUT2D eigenvalue weighted by Gasteiger charge is 2.38. The highest BCUT2D eigenvalue weighted by molar-refractivity contribution is 6.34. The predicted molar refractivity (Wildman–Crippen MR) is 126 cm³/mol. The van der Waals surface area contributed by atoms with E-state index in [9.17, 15) is 23.4 Å². The number of fused-ring (bicyclic) bond motifs is 1. The summed E-state index contributed by atoms with van der Waals surface area (Å²) in [6, 6.07) is 4.37. The van der Waals surface area contributed by atoms with E-state index in [2.05, 4.69) is 25.5 Å². The Morgan fingerprint density at radius 1 is 1.00 bits per heavy atom. The predicted octanol–water partition coefficient (Wildman–Crippen LogP) is 1.92. The van der Waals surface area contributed by atoms with E-state index in [1.807, 2.05) is 0 Å². The van der Waals surface area contributed by atoms with Gasteiger partial charge in [0.1, 0.15) is 12.1 Å². The van der Waals surface area contributed by atoms with Gasteiger partial charge >= 0.3 is 0 Å². The molecule has 11 nitrogen and oxygen atoms in total. The summed E-state index contributed by atoms with van der Waals surface area (Å²) < 4.78 is 45.0. The minimum atomic E-state index is -1.60. The van der Waals surface area contributed by atoms with Crippen LogP contribution in [0.15, 0.2) is 41.8 Å². The molecule has 1 fully saturated rings.